The van der Waals surface area contributed by atoms with E-state index in [-0.39, 0.29) is 24.4 Å². The third-order valence-corrected chi connectivity index (χ3v) is 3.63. The zero-order valence-electron chi connectivity index (χ0n) is 8.86. The van der Waals surface area contributed by atoms with Gasteiger partial charge in [0.2, 0.25) is 5.91 Å². The van der Waals surface area contributed by atoms with Crippen LogP contribution in [0.15, 0.2) is 0 Å². The molecule has 2 aliphatic heterocycles. The van der Waals surface area contributed by atoms with Crippen LogP contribution in [0.2, 0.25) is 0 Å². The number of piperazine rings is 1. The zero-order chi connectivity index (χ0) is 9.97. The fourth-order valence-corrected chi connectivity index (χ4v) is 2.84. The van der Waals surface area contributed by atoms with Crippen molar-refractivity contribution in [1.82, 2.24) is 15.5 Å². The number of rotatable bonds is 1. The molecular weight excluding hydrogens is 234 g/mol. The molecule has 4 nitrogen and oxygen atoms in total. The highest BCUT2D eigenvalue weighted by Gasteiger charge is 2.29. The number of amides is 1. The van der Waals surface area contributed by atoms with Crippen LogP contribution in [0.3, 0.4) is 0 Å². The van der Waals surface area contributed by atoms with Crippen LogP contribution in [0.5, 0.6) is 0 Å². The Morgan fingerprint density at radius 1 is 1.47 bits per heavy atom. The normalized spacial score (nSPS) is 31.1. The number of carbonyl (C=O) groups is 1. The monoisotopic (exact) mass is 251 g/mol. The summed E-state index contributed by atoms with van der Waals surface area (Å²) in [5.41, 5.74) is 0. The first-order valence-electron chi connectivity index (χ1n) is 5.10. The molecule has 0 radical (unpaired) electrons. The molecule has 2 aliphatic rings. The van der Waals surface area contributed by atoms with Crippen molar-refractivity contribution in [2.24, 2.45) is 0 Å². The SMILES string of the molecule is CC1CN(C(=O)[C@H]2CSCN2)CCN1.Cl. The maximum atomic E-state index is 12.0. The van der Waals surface area contributed by atoms with Crippen LogP contribution in [0.4, 0.5) is 0 Å². The largest absolute Gasteiger partial charge is 0.338 e. The van der Waals surface area contributed by atoms with Crippen LogP contribution in [0.25, 0.3) is 0 Å². The maximum absolute atomic E-state index is 12.0. The minimum Gasteiger partial charge on any atom is -0.338 e. The average Bonchev–Trinajstić information content (AvgIpc) is 2.69. The number of halogens is 1. The maximum Gasteiger partial charge on any atom is 0.240 e. The lowest BCUT2D eigenvalue weighted by Crippen LogP contribution is -2.55. The molecule has 1 unspecified atom stereocenters. The number of hydrogen-bond donors (Lipinski definition) is 2. The molecule has 0 aromatic rings. The van der Waals surface area contributed by atoms with Crippen LogP contribution < -0.4 is 10.6 Å². The van der Waals surface area contributed by atoms with E-state index in [0.717, 1.165) is 31.3 Å². The van der Waals surface area contributed by atoms with E-state index in [1.807, 2.05) is 4.90 Å². The predicted molar refractivity (Wildman–Crippen MR) is 65.5 cm³/mol. The molecule has 6 heteroatoms. The van der Waals surface area contributed by atoms with Gasteiger partial charge in [-0.1, -0.05) is 0 Å². The van der Waals surface area contributed by atoms with Crippen molar-refractivity contribution in [2.75, 3.05) is 31.3 Å². The molecule has 0 aromatic carbocycles. The lowest BCUT2D eigenvalue weighted by Gasteiger charge is -2.33. The fraction of sp³-hybridized carbons (Fsp3) is 0.889. The first-order chi connectivity index (χ1) is 6.77. The highest BCUT2D eigenvalue weighted by atomic mass is 35.5. The summed E-state index contributed by atoms with van der Waals surface area (Å²) >= 11 is 1.80. The second-order valence-electron chi connectivity index (χ2n) is 3.91. The Labute approximate surface area is 101 Å². The quantitative estimate of drug-likeness (QED) is 0.683. The van der Waals surface area contributed by atoms with E-state index >= 15 is 0 Å². The van der Waals surface area contributed by atoms with Crippen molar-refractivity contribution in [3.05, 3.63) is 0 Å². The van der Waals surface area contributed by atoms with E-state index in [1.165, 1.54) is 0 Å². The molecule has 15 heavy (non-hydrogen) atoms. The van der Waals surface area contributed by atoms with Crippen molar-refractivity contribution in [3.8, 4) is 0 Å². The van der Waals surface area contributed by atoms with Gasteiger partial charge < -0.3 is 10.2 Å². The number of nitrogens with one attached hydrogen (secondary N) is 2. The van der Waals surface area contributed by atoms with E-state index in [2.05, 4.69) is 17.6 Å². The Balaban J connectivity index is 0.00000112. The molecule has 2 rings (SSSR count). The van der Waals surface area contributed by atoms with Gasteiger partial charge in [0.25, 0.3) is 0 Å². The van der Waals surface area contributed by atoms with Crippen molar-refractivity contribution < 1.29 is 4.79 Å². The van der Waals surface area contributed by atoms with Gasteiger partial charge in [-0.2, -0.15) is 0 Å². The number of carbonyl (C=O) groups excluding carboxylic acids is 1. The van der Waals surface area contributed by atoms with Crippen LogP contribution in [-0.4, -0.2) is 54.2 Å². The van der Waals surface area contributed by atoms with Gasteiger partial charge >= 0.3 is 0 Å². The molecule has 2 heterocycles. The Morgan fingerprint density at radius 3 is 2.87 bits per heavy atom. The highest BCUT2D eigenvalue weighted by Crippen LogP contribution is 2.12. The summed E-state index contributed by atoms with van der Waals surface area (Å²) in [4.78, 5) is 13.9. The van der Waals surface area contributed by atoms with Crippen LogP contribution in [-0.2, 0) is 4.79 Å². The molecule has 0 aromatic heterocycles. The third kappa shape index (κ3) is 3.24. The molecule has 2 atom stereocenters. The summed E-state index contributed by atoms with van der Waals surface area (Å²) in [5, 5.41) is 6.56. The van der Waals surface area contributed by atoms with Crippen molar-refractivity contribution in [1.29, 1.82) is 0 Å². The molecule has 0 saturated carbocycles. The van der Waals surface area contributed by atoms with E-state index in [1.54, 1.807) is 11.8 Å². The van der Waals surface area contributed by atoms with E-state index in [0.29, 0.717) is 6.04 Å². The third-order valence-electron chi connectivity index (χ3n) is 2.69. The van der Waals surface area contributed by atoms with Crippen LogP contribution in [0, 0.1) is 0 Å². The molecule has 2 fully saturated rings. The van der Waals surface area contributed by atoms with Crippen molar-refractivity contribution in [3.63, 3.8) is 0 Å². The Bertz CT molecular complexity index is 223. The fourth-order valence-electron chi connectivity index (χ4n) is 1.91. The van der Waals surface area contributed by atoms with Crippen molar-refractivity contribution in [2.45, 2.75) is 19.0 Å². The Hall–Kier alpha value is 0.0300. The van der Waals surface area contributed by atoms with Crippen LogP contribution >= 0.6 is 24.2 Å². The summed E-state index contributed by atoms with van der Waals surface area (Å²) in [6, 6.07) is 0.493. The minimum absolute atomic E-state index is 0. The molecular formula is C9H18ClN3OS. The number of nitrogens with zero attached hydrogens (tertiary/aromatic N) is 1. The first-order valence-corrected chi connectivity index (χ1v) is 6.26. The molecule has 2 N–H and O–H groups in total. The van der Waals surface area contributed by atoms with Gasteiger partial charge in [0, 0.05) is 37.3 Å². The molecule has 0 bridgehead atoms. The molecule has 0 aliphatic carbocycles. The predicted octanol–water partition coefficient (Wildman–Crippen LogP) is -0.109. The highest BCUT2D eigenvalue weighted by molar-refractivity contribution is 7.99. The average molecular weight is 252 g/mol. The summed E-state index contributed by atoms with van der Waals surface area (Å²) in [6.45, 7) is 4.75. The Kier molecular flexibility index (Phi) is 5.18. The summed E-state index contributed by atoms with van der Waals surface area (Å²) < 4.78 is 0. The van der Waals surface area contributed by atoms with E-state index in [9.17, 15) is 4.79 Å². The van der Waals surface area contributed by atoms with Gasteiger partial charge in [-0.3, -0.25) is 10.1 Å². The molecule has 88 valence electrons. The molecule has 0 spiro atoms. The minimum atomic E-state index is 0. The van der Waals surface area contributed by atoms with Gasteiger partial charge in [0.1, 0.15) is 0 Å². The molecule has 2 saturated heterocycles. The lowest BCUT2D eigenvalue weighted by molar-refractivity contribution is -0.133. The standard InChI is InChI=1S/C9H17N3OS.ClH/c1-7-4-12(3-2-10-7)9(13)8-5-14-6-11-8;/h7-8,10-11H,2-6H2,1H3;1H/t7?,8-;/m1./s1. The van der Waals surface area contributed by atoms with Gasteiger partial charge in [-0.15, -0.1) is 24.2 Å². The second kappa shape index (κ2) is 5.94. The summed E-state index contributed by atoms with van der Waals surface area (Å²) in [7, 11) is 0. The molecule has 1 amide bonds. The first kappa shape index (κ1) is 13.1. The topological polar surface area (TPSA) is 44.4 Å². The second-order valence-corrected chi connectivity index (χ2v) is 4.94. The van der Waals surface area contributed by atoms with E-state index < -0.39 is 0 Å². The number of thioether (sulfide) groups is 1. The zero-order valence-corrected chi connectivity index (χ0v) is 10.5. The number of hydrogen-bond acceptors (Lipinski definition) is 4. The van der Waals surface area contributed by atoms with Gasteiger partial charge in [-0.25, -0.2) is 0 Å². The van der Waals surface area contributed by atoms with Crippen molar-refractivity contribution >= 4 is 30.1 Å². The smallest absolute Gasteiger partial charge is 0.240 e. The lowest BCUT2D eigenvalue weighted by atomic mass is 10.2. The van der Waals surface area contributed by atoms with Gasteiger partial charge in [-0.05, 0) is 6.92 Å². The van der Waals surface area contributed by atoms with Crippen LogP contribution in [0.1, 0.15) is 6.92 Å². The van der Waals surface area contributed by atoms with Gasteiger partial charge in [0.15, 0.2) is 0 Å². The van der Waals surface area contributed by atoms with E-state index in [4.69, 9.17) is 0 Å². The summed E-state index contributed by atoms with van der Waals surface area (Å²) in [5.74, 6) is 2.12. The summed E-state index contributed by atoms with van der Waals surface area (Å²) in [6.07, 6.45) is 0. The Morgan fingerprint density at radius 2 is 2.27 bits per heavy atom. The van der Waals surface area contributed by atoms with Gasteiger partial charge in [0.05, 0.1) is 6.04 Å².